The molecule has 1 heterocycles. The van der Waals surface area contributed by atoms with E-state index in [1.807, 2.05) is 14.0 Å². The summed E-state index contributed by atoms with van der Waals surface area (Å²) in [7, 11) is 5.87. The molecule has 1 aromatic rings. The van der Waals surface area contributed by atoms with Gasteiger partial charge in [-0.3, -0.25) is 0 Å². The summed E-state index contributed by atoms with van der Waals surface area (Å²) in [6, 6.07) is 0.798. The monoisotopic (exact) mass is 280 g/mol. The summed E-state index contributed by atoms with van der Waals surface area (Å²) >= 11 is 0. The summed E-state index contributed by atoms with van der Waals surface area (Å²) in [5, 5.41) is 7.91. The second-order valence-corrected chi connectivity index (χ2v) is 5.79. The molecular formula is C15H28N4O. The van der Waals surface area contributed by atoms with Crippen molar-refractivity contribution in [3.8, 4) is 5.88 Å². The first-order valence-electron chi connectivity index (χ1n) is 7.61. The van der Waals surface area contributed by atoms with E-state index < -0.39 is 0 Å². The van der Waals surface area contributed by atoms with Crippen molar-refractivity contribution in [1.29, 1.82) is 0 Å². The number of hydrogen-bond acceptors (Lipinski definition) is 4. The molecule has 0 unspecified atom stereocenters. The number of likely N-dealkylation sites (N-methyl/N-ethyl adjacent to an activating group) is 1. The molecule has 20 heavy (non-hydrogen) atoms. The molecule has 0 bridgehead atoms. The van der Waals surface area contributed by atoms with Gasteiger partial charge in [-0.1, -0.05) is 12.8 Å². The van der Waals surface area contributed by atoms with E-state index in [2.05, 4.69) is 22.4 Å². The molecule has 1 fully saturated rings. The number of aromatic nitrogens is 2. The Bertz CT molecular complexity index is 424. The van der Waals surface area contributed by atoms with Gasteiger partial charge >= 0.3 is 0 Å². The second kappa shape index (κ2) is 7.09. The van der Waals surface area contributed by atoms with Crippen LogP contribution < -0.4 is 10.1 Å². The van der Waals surface area contributed by atoms with Gasteiger partial charge in [0.05, 0.1) is 18.4 Å². The summed E-state index contributed by atoms with van der Waals surface area (Å²) in [6.07, 6.45) is 5.53. The lowest BCUT2D eigenvalue weighted by Gasteiger charge is -2.24. The number of hydrogen-bond donors (Lipinski definition) is 1. The zero-order valence-corrected chi connectivity index (χ0v) is 13.3. The molecule has 5 nitrogen and oxygen atoms in total. The molecule has 0 saturated heterocycles. The predicted octanol–water partition coefficient (Wildman–Crippen LogP) is 1.70. The lowest BCUT2D eigenvalue weighted by molar-refractivity contribution is 0.245. The van der Waals surface area contributed by atoms with Crippen LogP contribution in [0.1, 0.15) is 36.9 Å². The highest BCUT2D eigenvalue weighted by Gasteiger charge is 2.19. The summed E-state index contributed by atoms with van der Waals surface area (Å²) < 4.78 is 7.21. The standard InChI is InChI=1S/C15H28N4O/c1-12-14(15(20-4)19(3)17-12)11-16-9-10-18(2)13-7-5-6-8-13/h13,16H,5-11H2,1-4H3. The number of ether oxygens (including phenoxy) is 1. The third-order valence-corrected chi connectivity index (χ3v) is 4.37. The third-order valence-electron chi connectivity index (χ3n) is 4.37. The first-order chi connectivity index (χ1) is 9.63. The molecule has 0 aliphatic heterocycles. The first kappa shape index (κ1) is 15.3. The van der Waals surface area contributed by atoms with Gasteiger partial charge in [-0.25, -0.2) is 4.68 Å². The number of nitrogens with one attached hydrogen (secondary N) is 1. The normalized spacial score (nSPS) is 16.2. The van der Waals surface area contributed by atoms with E-state index in [-0.39, 0.29) is 0 Å². The van der Waals surface area contributed by atoms with Crippen LogP contribution in [-0.4, -0.2) is 48.0 Å². The van der Waals surface area contributed by atoms with E-state index in [0.29, 0.717) is 0 Å². The maximum atomic E-state index is 5.41. The number of nitrogens with zero attached hydrogens (tertiary/aromatic N) is 3. The molecule has 1 aromatic heterocycles. The van der Waals surface area contributed by atoms with E-state index in [4.69, 9.17) is 4.74 Å². The topological polar surface area (TPSA) is 42.3 Å². The van der Waals surface area contributed by atoms with Crippen molar-refractivity contribution in [2.45, 2.75) is 45.2 Å². The molecule has 1 aliphatic carbocycles. The molecule has 1 saturated carbocycles. The summed E-state index contributed by atoms with van der Waals surface area (Å²) in [6.45, 7) is 4.96. The lowest BCUT2D eigenvalue weighted by Crippen LogP contribution is -2.35. The molecule has 114 valence electrons. The van der Waals surface area contributed by atoms with Crippen LogP contribution in [0.2, 0.25) is 0 Å². The van der Waals surface area contributed by atoms with E-state index in [9.17, 15) is 0 Å². The molecule has 0 radical (unpaired) electrons. The predicted molar refractivity (Wildman–Crippen MR) is 81.1 cm³/mol. The van der Waals surface area contributed by atoms with Crippen molar-refractivity contribution in [2.24, 2.45) is 7.05 Å². The van der Waals surface area contributed by atoms with Crippen LogP contribution in [0.5, 0.6) is 5.88 Å². The Kier molecular flexibility index (Phi) is 5.43. The number of rotatable bonds is 7. The molecule has 0 atom stereocenters. The van der Waals surface area contributed by atoms with Gasteiger partial charge in [-0.2, -0.15) is 5.10 Å². The Morgan fingerprint density at radius 2 is 2.10 bits per heavy atom. The van der Waals surface area contributed by atoms with Gasteiger partial charge in [0.25, 0.3) is 0 Å². The average Bonchev–Trinajstić information content (AvgIpc) is 3.03. The van der Waals surface area contributed by atoms with Gasteiger partial charge < -0.3 is 15.0 Å². The van der Waals surface area contributed by atoms with Gasteiger partial charge in [0.1, 0.15) is 0 Å². The van der Waals surface area contributed by atoms with Gasteiger partial charge in [-0.05, 0) is 26.8 Å². The molecule has 1 N–H and O–H groups in total. The molecule has 0 spiro atoms. The van der Waals surface area contributed by atoms with Crippen molar-refractivity contribution < 1.29 is 4.74 Å². The van der Waals surface area contributed by atoms with Crippen LogP contribution in [0.25, 0.3) is 0 Å². The first-order valence-corrected chi connectivity index (χ1v) is 7.61. The Morgan fingerprint density at radius 3 is 2.75 bits per heavy atom. The number of methoxy groups -OCH3 is 1. The molecule has 1 aliphatic rings. The van der Waals surface area contributed by atoms with Crippen LogP contribution in [0.3, 0.4) is 0 Å². The van der Waals surface area contributed by atoms with E-state index in [0.717, 1.165) is 37.3 Å². The average molecular weight is 280 g/mol. The molecule has 5 heteroatoms. The lowest BCUT2D eigenvalue weighted by atomic mass is 10.2. The Balaban J connectivity index is 1.75. The maximum Gasteiger partial charge on any atom is 0.216 e. The highest BCUT2D eigenvalue weighted by molar-refractivity contribution is 5.30. The van der Waals surface area contributed by atoms with Crippen molar-refractivity contribution in [3.05, 3.63) is 11.3 Å². The molecular weight excluding hydrogens is 252 g/mol. The molecule has 2 rings (SSSR count). The van der Waals surface area contributed by atoms with E-state index in [1.54, 1.807) is 11.8 Å². The number of aryl methyl sites for hydroxylation is 2. The quantitative estimate of drug-likeness (QED) is 0.772. The Hall–Kier alpha value is -1.07. The summed E-state index contributed by atoms with van der Waals surface area (Å²) in [4.78, 5) is 2.49. The van der Waals surface area contributed by atoms with Crippen molar-refractivity contribution >= 4 is 0 Å². The Morgan fingerprint density at radius 1 is 1.40 bits per heavy atom. The minimum absolute atomic E-state index is 0.798. The van der Waals surface area contributed by atoms with Gasteiger partial charge in [0.15, 0.2) is 0 Å². The minimum Gasteiger partial charge on any atom is -0.481 e. The largest absolute Gasteiger partial charge is 0.481 e. The zero-order chi connectivity index (χ0) is 14.5. The van der Waals surface area contributed by atoms with Crippen LogP contribution in [0.15, 0.2) is 0 Å². The Labute approximate surface area is 122 Å². The van der Waals surface area contributed by atoms with Crippen molar-refractivity contribution in [3.63, 3.8) is 0 Å². The van der Waals surface area contributed by atoms with Gasteiger partial charge in [0, 0.05) is 32.7 Å². The van der Waals surface area contributed by atoms with Crippen LogP contribution >= 0.6 is 0 Å². The fraction of sp³-hybridized carbons (Fsp3) is 0.800. The van der Waals surface area contributed by atoms with Crippen LogP contribution in [0.4, 0.5) is 0 Å². The summed E-state index contributed by atoms with van der Waals surface area (Å²) in [5.74, 6) is 0.860. The molecule has 0 aromatic carbocycles. The highest BCUT2D eigenvalue weighted by atomic mass is 16.5. The maximum absolute atomic E-state index is 5.41. The second-order valence-electron chi connectivity index (χ2n) is 5.79. The highest BCUT2D eigenvalue weighted by Crippen LogP contribution is 2.22. The van der Waals surface area contributed by atoms with E-state index in [1.165, 1.54) is 31.2 Å². The SMILES string of the molecule is COc1c(CNCCN(C)C2CCCC2)c(C)nn1C. The smallest absolute Gasteiger partial charge is 0.216 e. The summed E-state index contributed by atoms with van der Waals surface area (Å²) in [5.41, 5.74) is 2.21. The molecule has 0 amide bonds. The zero-order valence-electron chi connectivity index (χ0n) is 13.3. The van der Waals surface area contributed by atoms with Gasteiger partial charge in [-0.15, -0.1) is 0 Å². The van der Waals surface area contributed by atoms with Gasteiger partial charge in [0.2, 0.25) is 5.88 Å². The minimum atomic E-state index is 0.798. The fourth-order valence-corrected chi connectivity index (χ4v) is 3.14. The van der Waals surface area contributed by atoms with Crippen LogP contribution in [0, 0.1) is 6.92 Å². The van der Waals surface area contributed by atoms with Crippen molar-refractivity contribution in [2.75, 3.05) is 27.2 Å². The van der Waals surface area contributed by atoms with Crippen molar-refractivity contribution in [1.82, 2.24) is 20.0 Å². The third kappa shape index (κ3) is 3.52. The fourth-order valence-electron chi connectivity index (χ4n) is 3.14. The van der Waals surface area contributed by atoms with E-state index >= 15 is 0 Å². The van der Waals surface area contributed by atoms with Crippen LogP contribution in [-0.2, 0) is 13.6 Å².